The van der Waals surface area contributed by atoms with Gasteiger partial charge in [0, 0.05) is 31.9 Å². The van der Waals surface area contributed by atoms with E-state index < -0.39 is 6.10 Å². The predicted octanol–water partition coefficient (Wildman–Crippen LogP) is 13.4. The van der Waals surface area contributed by atoms with E-state index in [1.807, 2.05) is 50.6 Å². The van der Waals surface area contributed by atoms with Crippen LogP contribution in [0.5, 0.6) is 23.0 Å². The van der Waals surface area contributed by atoms with E-state index in [0.717, 1.165) is 84.6 Å². The van der Waals surface area contributed by atoms with Gasteiger partial charge in [0.2, 0.25) is 0 Å². The highest BCUT2D eigenvalue weighted by atomic mass is 16.6. The van der Waals surface area contributed by atoms with Crippen LogP contribution in [0.2, 0.25) is 0 Å². The van der Waals surface area contributed by atoms with Gasteiger partial charge in [-0.15, -0.1) is 0 Å². The van der Waals surface area contributed by atoms with Gasteiger partial charge < -0.3 is 37.9 Å². The lowest BCUT2D eigenvalue weighted by atomic mass is 9.79. The van der Waals surface area contributed by atoms with Crippen molar-refractivity contribution in [1.82, 2.24) is 9.97 Å². The number of rotatable bonds is 7. The van der Waals surface area contributed by atoms with Crippen molar-refractivity contribution in [1.29, 1.82) is 0 Å². The number of pyridine rings is 2. The van der Waals surface area contributed by atoms with Crippen molar-refractivity contribution >= 4 is 0 Å². The number of methoxy groups -OCH3 is 2. The Bertz CT molecular complexity index is 2820. The molecule has 3 aliphatic rings. The largest absolute Gasteiger partial charge is 0.496 e. The van der Waals surface area contributed by atoms with Crippen LogP contribution in [0, 0.1) is 0 Å². The lowest BCUT2D eigenvalue weighted by Crippen LogP contribution is -2.29. The van der Waals surface area contributed by atoms with Crippen LogP contribution in [-0.2, 0) is 72.9 Å². The van der Waals surface area contributed by atoms with Crippen molar-refractivity contribution in [2.75, 3.05) is 67.1 Å². The summed E-state index contributed by atoms with van der Waals surface area (Å²) in [5, 5.41) is 0. The summed E-state index contributed by atoms with van der Waals surface area (Å²) in [5.74, 6) is 3.42. The molecule has 4 heterocycles. The number of ether oxygens (including phenoxy) is 8. The minimum atomic E-state index is -0.452. The second kappa shape index (κ2) is 23.9. The number of hydrogen-bond acceptors (Lipinski definition) is 10. The first kappa shape index (κ1) is 56.4. The van der Waals surface area contributed by atoms with Crippen molar-refractivity contribution in [3.8, 4) is 34.4 Å². The highest BCUT2D eigenvalue weighted by Gasteiger charge is 2.30. The maximum Gasteiger partial charge on any atom is 0.126 e. The molecular weight excluding hydrogens is 949 g/mol. The second-order valence-electron chi connectivity index (χ2n) is 24.7. The Labute approximate surface area is 454 Å². The van der Waals surface area contributed by atoms with E-state index in [2.05, 4.69) is 137 Å². The van der Waals surface area contributed by atoms with Crippen LogP contribution in [0.15, 0.2) is 91.1 Å². The Balaban J connectivity index is 1.34. The standard InChI is InChI=1S/C66H84N2O8/c1-63(2,3)51-32-43-28-47-36-53(65(7,8)9)37-48-29-44-33-52(64(4,5)6)35-46(60(44)70-14)31-50-39-54(66(10,11)12)38-49(30-45(34-51)59(43)69-13)62(50)76-42-56(74-26-24-71-22-23-72-25-27-75-61(47)48)41-73-40-55-18-17-20-58(68-55)57-19-15-16-21-67-57/h15-21,32-39,56H,22-31,40-42H2,1-14H3. The van der Waals surface area contributed by atoms with Crippen LogP contribution in [0.4, 0.5) is 0 Å². The average Bonchev–Trinajstić information content (AvgIpc) is 3.36. The zero-order chi connectivity index (χ0) is 54.4. The first-order chi connectivity index (χ1) is 36.1. The predicted molar refractivity (Wildman–Crippen MR) is 304 cm³/mol. The van der Waals surface area contributed by atoms with E-state index in [4.69, 9.17) is 42.9 Å². The highest BCUT2D eigenvalue weighted by Crippen LogP contribution is 2.44. The first-order valence-electron chi connectivity index (χ1n) is 27.3. The zero-order valence-electron chi connectivity index (χ0n) is 48.1. The quantitative estimate of drug-likeness (QED) is 0.144. The SMILES string of the molecule is COc1c2cc(C(C)(C)C)cc1Cc1cc(C(C)(C)C)cc3c1OCC(COCc1cccc(-c4ccccn4)n1)OCCOCCOCCOc1c(cc(C(C)(C)C)cc1Cc1cc(C(C)(C)C)cc(c1OC)C3)C2. The molecule has 0 spiro atoms. The van der Waals surface area contributed by atoms with Crippen LogP contribution in [-0.4, -0.2) is 83.1 Å². The van der Waals surface area contributed by atoms with Gasteiger partial charge in [-0.3, -0.25) is 4.98 Å². The highest BCUT2D eigenvalue weighted by molar-refractivity contribution is 5.60. The van der Waals surface area contributed by atoms with Crippen LogP contribution in [0.1, 0.15) is 156 Å². The molecule has 2 aliphatic heterocycles. The number of hydrogen-bond donors (Lipinski definition) is 0. The molecule has 1 aliphatic carbocycles. The van der Waals surface area contributed by atoms with E-state index in [-0.39, 0.29) is 41.5 Å². The maximum atomic E-state index is 7.33. The van der Waals surface area contributed by atoms with Crippen molar-refractivity contribution in [2.24, 2.45) is 0 Å². The maximum absolute atomic E-state index is 7.33. The molecular formula is C66H84N2O8. The van der Waals surface area contributed by atoms with E-state index in [1.54, 1.807) is 6.20 Å². The van der Waals surface area contributed by atoms with Crippen molar-refractivity contribution in [3.63, 3.8) is 0 Å². The molecule has 0 amide bonds. The summed E-state index contributed by atoms with van der Waals surface area (Å²) in [4.78, 5) is 9.41. The molecule has 10 nitrogen and oxygen atoms in total. The molecule has 1 unspecified atom stereocenters. The molecule has 6 aromatic rings. The summed E-state index contributed by atoms with van der Waals surface area (Å²) in [6.07, 6.45) is 3.61. The smallest absolute Gasteiger partial charge is 0.126 e. The van der Waals surface area contributed by atoms with Gasteiger partial charge in [0.25, 0.3) is 0 Å². The summed E-state index contributed by atoms with van der Waals surface area (Å²) >= 11 is 0. The third-order valence-corrected chi connectivity index (χ3v) is 14.5. The molecule has 0 N–H and O–H groups in total. The van der Waals surface area contributed by atoms with Crippen LogP contribution in [0.25, 0.3) is 11.4 Å². The van der Waals surface area contributed by atoms with Crippen LogP contribution < -0.4 is 18.9 Å². The Kier molecular flexibility index (Phi) is 17.7. The van der Waals surface area contributed by atoms with E-state index in [1.165, 1.54) is 22.3 Å². The van der Waals surface area contributed by atoms with Gasteiger partial charge in [0.15, 0.2) is 0 Å². The summed E-state index contributed by atoms with van der Waals surface area (Å²) in [7, 11) is 3.62. The van der Waals surface area contributed by atoms with E-state index in [9.17, 15) is 0 Å². The molecule has 9 rings (SSSR count). The van der Waals surface area contributed by atoms with Gasteiger partial charge in [-0.25, -0.2) is 4.98 Å². The van der Waals surface area contributed by atoms with Gasteiger partial charge in [0.1, 0.15) is 42.3 Å². The molecule has 0 saturated carbocycles. The fourth-order valence-corrected chi connectivity index (χ4v) is 10.1. The van der Waals surface area contributed by atoms with E-state index >= 15 is 0 Å². The third kappa shape index (κ3) is 14.0. The molecule has 0 fully saturated rings. The molecule has 1 atom stereocenters. The first-order valence-corrected chi connectivity index (χ1v) is 27.3. The number of nitrogens with zero attached hydrogens (tertiary/aromatic N) is 2. The van der Waals surface area contributed by atoms with Crippen LogP contribution in [0.3, 0.4) is 0 Å². The summed E-state index contributed by atoms with van der Waals surface area (Å²) in [6.45, 7) is 30.5. The minimum absolute atomic E-state index is 0.150. The average molecular weight is 1030 g/mol. The Hall–Kier alpha value is -5.78. The molecule has 76 heavy (non-hydrogen) atoms. The molecule has 0 saturated heterocycles. The molecule has 10 bridgehead atoms. The summed E-state index contributed by atoms with van der Waals surface area (Å²) < 4.78 is 52.9. The molecule has 2 aromatic heterocycles. The van der Waals surface area contributed by atoms with E-state index in [0.29, 0.717) is 65.3 Å². The third-order valence-electron chi connectivity index (χ3n) is 14.5. The summed E-state index contributed by atoms with van der Waals surface area (Å²) in [6, 6.07) is 30.6. The summed E-state index contributed by atoms with van der Waals surface area (Å²) in [5.41, 5.74) is 15.4. The second-order valence-corrected chi connectivity index (χ2v) is 24.7. The molecule has 406 valence electrons. The number of fused-ring (bicyclic) bond motifs is 12. The zero-order valence-corrected chi connectivity index (χ0v) is 48.1. The van der Waals surface area contributed by atoms with Gasteiger partial charge >= 0.3 is 0 Å². The monoisotopic (exact) mass is 1030 g/mol. The van der Waals surface area contributed by atoms with Gasteiger partial charge in [-0.05, 0) is 113 Å². The molecule has 4 aromatic carbocycles. The Morgan fingerprint density at radius 2 is 0.895 bits per heavy atom. The van der Waals surface area contributed by atoms with Crippen LogP contribution >= 0.6 is 0 Å². The number of benzene rings is 4. The van der Waals surface area contributed by atoms with Gasteiger partial charge in [-0.1, -0.05) is 144 Å². The normalized spacial score (nSPS) is 16.3. The van der Waals surface area contributed by atoms with Gasteiger partial charge in [0.05, 0.1) is 77.5 Å². The Morgan fingerprint density at radius 3 is 1.33 bits per heavy atom. The Morgan fingerprint density at radius 1 is 0.474 bits per heavy atom. The number of aromatic nitrogens is 2. The lowest BCUT2D eigenvalue weighted by Gasteiger charge is -2.29. The van der Waals surface area contributed by atoms with Gasteiger partial charge in [-0.2, -0.15) is 0 Å². The fraction of sp³-hybridized carbons (Fsp3) is 0.485. The topological polar surface area (TPSA) is 99.6 Å². The lowest BCUT2D eigenvalue weighted by molar-refractivity contribution is -0.0624. The van der Waals surface area contributed by atoms with Crippen molar-refractivity contribution < 1.29 is 37.9 Å². The minimum Gasteiger partial charge on any atom is -0.496 e. The fourth-order valence-electron chi connectivity index (χ4n) is 10.1. The molecule has 10 heteroatoms. The van der Waals surface area contributed by atoms with Crippen molar-refractivity contribution in [3.05, 3.63) is 164 Å². The molecule has 0 radical (unpaired) electrons. The van der Waals surface area contributed by atoms with Crippen molar-refractivity contribution in [2.45, 2.75) is 143 Å².